The molecule has 0 bridgehead atoms. The van der Waals surface area contributed by atoms with Gasteiger partial charge in [0.15, 0.2) is 0 Å². The summed E-state index contributed by atoms with van der Waals surface area (Å²) in [6.07, 6.45) is 7.64. The number of rotatable bonds is 3. The molecule has 0 aromatic heterocycles. The molecule has 3 aliphatic rings. The van der Waals surface area contributed by atoms with Crippen molar-refractivity contribution in [2.75, 3.05) is 19.6 Å². The van der Waals surface area contributed by atoms with Crippen LogP contribution in [-0.4, -0.2) is 24.5 Å². The van der Waals surface area contributed by atoms with E-state index in [1.54, 1.807) is 12.8 Å². The van der Waals surface area contributed by atoms with Crippen LogP contribution in [0.25, 0.3) is 0 Å². The highest BCUT2D eigenvalue weighted by molar-refractivity contribution is 4.90. The Hall–Kier alpha value is -0.0400. The molecule has 1 saturated heterocycles. The van der Waals surface area contributed by atoms with Crippen molar-refractivity contribution in [1.29, 1.82) is 0 Å². The van der Waals surface area contributed by atoms with E-state index in [9.17, 15) is 0 Å². The maximum atomic E-state index is 2.68. The maximum Gasteiger partial charge on any atom is 0.00248 e. The maximum absolute atomic E-state index is 2.68. The van der Waals surface area contributed by atoms with Crippen LogP contribution in [0.4, 0.5) is 0 Å². The molecule has 3 rings (SSSR count). The summed E-state index contributed by atoms with van der Waals surface area (Å²) in [7, 11) is 0. The van der Waals surface area contributed by atoms with Crippen LogP contribution in [0.15, 0.2) is 0 Å². The number of likely N-dealkylation sites (tertiary alicyclic amines) is 1. The summed E-state index contributed by atoms with van der Waals surface area (Å²) in [6.45, 7) is 4.32. The van der Waals surface area contributed by atoms with Crippen LogP contribution in [0.1, 0.15) is 32.1 Å². The van der Waals surface area contributed by atoms with E-state index in [0.29, 0.717) is 0 Å². The van der Waals surface area contributed by atoms with Crippen LogP contribution in [0.3, 0.4) is 0 Å². The van der Waals surface area contributed by atoms with Crippen molar-refractivity contribution in [3.63, 3.8) is 0 Å². The molecule has 0 unspecified atom stereocenters. The largest absolute Gasteiger partial charge is 0.302 e. The summed E-state index contributed by atoms with van der Waals surface area (Å²) in [5.41, 5.74) is 0. The SMILES string of the molecule is C1CC(C2CN(CC3CC3)C2)C1. The van der Waals surface area contributed by atoms with Crippen molar-refractivity contribution in [3.05, 3.63) is 0 Å². The fraction of sp³-hybridized carbons (Fsp3) is 1.00. The van der Waals surface area contributed by atoms with E-state index in [1.807, 2.05) is 0 Å². The van der Waals surface area contributed by atoms with Crippen LogP contribution in [-0.2, 0) is 0 Å². The summed E-state index contributed by atoms with van der Waals surface area (Å²) in [5.74, 6) is 3.35. The molecular formula is C11H19N. The first-order chi connectivity index (χ1) is 5.92. The Labute approximate surface area is 75.1 Å². The molecule has 1 aliphatic heterocycles. The summed E-state index contributed by atoms with van der Waals surface area (Å²) < 4.78 is 0. The van der Waals surface area contributed by atoms with Crippen LogP contribution in [0.5, 0.6) is 0 Å². The molecule has 2 saturated carbocycles. The van der Waals surface area contributed by atoms with E-state index in [0.717, 1.165) is 17.8 Å². The molecule has 0 amide bonds. The molecule has 3 fully saturated rings. The number of hydrogen-bond donors (Lipinski definition) is 0. The van der Waals surface area contributed by atoms with Crippen molar-refractivity contribution >= 4 is 0 Å². The van der Waals surface area contributed by atoms with Gasteiger partial charge in [-0.15, -0.1) is 0 Å². The third kappa shape index (κ3) is 1.28. The molecule has 1 heterocycles. The first-order valence-electron chi connectivity index (χ1n) is 5.64. The molecule has 0 aromatic rings. The summed E-state index contributed by atoms with van der Waals surface area (Å²) in [6, 6.07) is 0. The van der Waals surface area contributed by atoms with Gasteiger partial charge in [0.1, 0.15) is 0 Å². The van der Waals surface area contributed by atoms with Gasteiger partial charge < -0.3 is 4.90 Å². The van der Waals surface area contributed by atoms with Gasteiger partial charge in [-0.1, -0.05) is 19.3 Å². The van der Waals surface area contributed by atoms with Gasteiger partial charge in [-0.3, -0.25) is 0 Å². The van der Waals surface area contributed by atoms with Gasteiger partial charge in [-0.05, 0) is 30.6 Å². The van der Waals surface area contributed by atoms with Gasteiger partial charge in [-0.25, -0.2) is 0 Å². The molecule has 68 valence electrons. The van der Waals surface area contributed by atoms with Crippen molar-refractivity contribution < 1.29 is 0 Å². The highest BCUT2D eigenvalue weighted by Gasteiger charge is 2.37. The zero-order valence-electron chi connectivity index (χ0n) is 7.84. The second-order valence-electron chi connectivity index (χ2n) is 5.11. The van der Waals surface area contributed by atoms with Crippen molar-refractivity contribution in [1.82, 2.24) is 4.90 Å². The van der Waals surface area contributed by atoms with Crippen molar-refractivity contribution in [3.8, 4) is 0 Å². The Morgan fingerprint density at radius 1 is 0.917 bits per heavy atom. The summed E-state index contributed by atoms with van der Waals surface area (Å²) in [4.78, 5) is 2.68. The lowest BCUT2D eigenvalue weighted by atomic mass is 9.72. The third-order valence-corrected chi connectivity index (χ3v) is 4.02. The lowest BCUT2D eigenvalue weighted by Gasteiger charge is -2.46. The zero-order chi connectivity index (χ0) is 7.97. The predicted molar refractivity (Wildman–Crippen MR) is 50.0 cm³/mol. The second kappa shape index (κ2) is 2.73. The molecule has 0 radical (unpaired) electrons. The van der Waals surface area contributed by atoms with Gasteiger partial charge in [0.05, 0.1) is 0 Å². The van der Waals surface area contributed by atoms with E-state index in [2.05, 4.69) is 4.90 Å². The molecule has 12 heavy (non-hydrogen) atoms. The smallest absolute Gasteiger partial charge is 0.00248 e. The van der Waals surface area contributed by atoms with Crippen molar-refractivity contribution in [2.24, 2.45) is 17.8 Å². The molecular weight excluding hydrogens is 146 g/mol. The quantitative estimate of drug-likeness (QED) is 0.619. The lowest BCUT2D eigenvalue weighted by Crippen LogP contribution is -2.51. The van der Waals surface area contributed by atoms with E-state index in [4.69, 9.17) is 0 Å². The molecule has 0 aromatic carbocycles. The first-order valence-corrected chi connectivity index (χ1v) is 5.64. The molecule has 0 atom stereocenters. The molecule has 1 nitrogen and oxygen atoms in total. The van der Waals surface area contributed by atoms with Crippen LogP contribution < -0.4 is 0 Å². The van der Waals surface area contributed by atoms with E-state index in [-0.39, 0.29) is 0 Å². The minimum Gasteiger partial charge on any atom is -0.302 e. The van der Waals surface area contributed by atoms with Gasteiger partial charge in [0.25, 0.3) is 0 Å². The normalized spacial score (nSPS) is 33.0. The highest BCUT2D eigenvalue weighted by Crippen LogP contribution is 2.39. The topological polar surface area (TPSA) is 3.24 Å². The van der Waals surface area contributed by atoms with E-state index >= 15 is 0 Å². The zero-order valence-corrected chi connectivity index (χ0v) is 7.84. The summed E-state index contributed by atoms with van der Waals surface area (Å²) >= 11 is 0. The monoisotopic (exact) mass is 165 g/mol. The minimum absolute atomic E-state index is 1.10. The van der Waals surface area contributed by atoms with Crippen molar-refractivity contribution in [2.45, 2.75) is 32.1 Å². The summed E-state index contributed by atoms with van der Waals surface area (Å²) in [5, 5.41) is 0. The van der Waals surface area contributed by atoms with Gasteiger partial charge in [0, 0.05) is 19.6 Å². The molecule has 0 spiro atoms. The Balaban J connectivity index is 1.39. The van der Waals surface area contributed by atoms with E-state index in [1.165, 1.54) is 38.9 Å². The van der Waals surface area contributed by atoms with Crippen LogP contribution in [0, 0.1) is 17.8 Å². The Bertz CT molecular complexity index is 164. The van der Waals surface area contributed by atoms with Gasteiger partial charge in [-0.2, -0.15) is 0 Å². The van der Waals surface area contributed by atoms with Gasteiger partial charge in [0.2, 0.25) is 0 Å². The Kier molecular flexibility index (Phi) is 1.68. The van der Waals surface area contributed by atoms with E-state index < -0.39 is 0 Å². The predicted octanol–water partition coefficient (Wildman–Crippen LogP) is 2.13. The Morgan fingerprint density at radius 3 is 2.17 bits per heavy atom. The average molecular weight is 165 g/mol. The minimum atomic E-state index is 1.10. The third-order valence-electron chi connectivity index (χ3n) is 4.02. The standard InChI is InChI=1S/C11H19N/c1-2-10(3-1)11-7-12(8-11)6-9-4-5-9/h9-11H,1-8H2. The average Bonchev–Trinajstić information content (AvgIpc) is 2.62. The fourth-order valence-electron chi connectivity index (χ4n) is 2.63. The number of nitrogens with zero attached hydrogens (tertiary/aromatic N) is 1. The Morgan fingerprint density at radius 2 is 1.67 bits per heavy atom. The second-order valence-corrected chi connectivity index (χ2v) is 5.11. The highest BCUT2D eigenvalue weighted by atomic mass is 15.2. The number of hydrogen-bond acceptors (Lipinski definition) is 1. The van der Waals surface area contributed by atoms with Crippen LogP contribution >= 0.6 is 0 Å². The lowest BCUT2D eigenvalue weighted by molar-refractivity contribution is 0.0237. The van der Waals surface area contributed by atoms with Gasteiger partial charge >= 0.3 is 0 Å². The fourth-order valence-corrected chi connectivity index (χ4v) is 2.63. The first kappa shape index (κ1) is 7.37. The molecule has 2 aliphatic carbocycles. The molecule has 1 heteroatoms. The molecule has 0 N–H and O–H groups in total. The van der Waals surface area contributed by atoms with Crippen LogP contribution in [0.2, 0.25) is 0 Å².